The zero-order valence-electron chi connectivity index (χ0n) is 12.6. The molecule has 1 rings (SSSR count). The third-order valence-corrected chi connectivity index (χ3v) is 3.42. The molecule has 2 N–H and O–H groups in total. The first-order valence-corrected chi connectivity index (χ1v) is 7.39. The number of carbonyl (C=O) groups excluding carboxylic acids is 2. The van der Waals surface area contributed by atoms with Crippen LogP contribution in [-0.2, 0) is 4.74 Å². The molecule has 0 saturated heterocycles. The van der Waals surface area contributed by atoms with E-state index in [2.05, 4.69) is 10.6 Å². The van der Waals surface area contributed by atoms with Crippen molar-refractivity contribution >= 4 is 23.3 Å². The maximum absolute atomic E-state index is 11.9. The molecule has 0 saturated carbocycles. The molecular weight excluding hydrogens is 276 g/mol. The smallest absolute Gasteiger partial charge is 0.407 e. The van der Waals surface area contributed by atoms with E-state index in [0.717, 1.165) is 5.56 Å². The first kappa shape index (κ1) is 16.5. The number of hydrogen-bond donors (Lipinski definition) is 2. The van der Waals surface area contributed by atoms with Crippen LogP contribution in [0.25, 0.3) is 0 Å². The molecule has 6 heteroatoms. The molecule has 20 heavy (non-hydrogen) atoms. The van der Waals surface area contributed by atoms with Gasteiger partial charge < -0.3 is 15.4 Å². The molecule has 2 amide bonds. The van der Waals surface area contributed by atoms with Gasteiger partial charge in [-0.1, -0.05) is 0 Å². The SMILES string of the molecule is Cc1ccsc1C(=O)NCC(C)NC(=O)OC(C)(C)C. The van der Waals surface area contributed by atoms with Crippen LogP contribution in [0.1, 0.15) is 42.9 Å². The van der Waals surface area contributed by atoms with E-state index >= 15 is 0 Å². The first-order chi connectivity index (χ1) is 9.19. The number of alkyl carbamates (subject to hydrolysis) is 1. The summed E-state index contributed by atoms with van der Waals surface area (Å²) in [6, 6.07) is 1.70. The summed E-state index contributed by atoms with van der Waals surface area (Å²) in [6.45, 7) is 9.48. The van der Waals surface area contributed by atoms with Gasteiger partial charge in [-0.3, -0.25) is 4.79 Å². The maximum Gasteiger partial charge on any atom is 0.407 e. The summed E-state index contributed by atoms with van der Waals surface area (Å²) in [4.78, 5) is 24.2. The Balaban J connectivity index is 2.37. The molecule has 0 radical (unpaired) electrons. The number of aryl methyl sites for hydroxylation is 1. The minimum atomic E-state index is -0.527. The Morgan fingerprint density at radius 2 is 2.05 bits per heavy atom. The van der Waals surface area contributed by atoms with Crippen LogP contribution < -0.4 is 10.6 Å². The molecule has 5 nitrogen and oxygen atoms in total. The number of amides is 2. The van der Waals surface area contributed by atoms with Gasteiger partial charge in [0, 0.05) is 12.6 Å². The molecule has 112 valence electrons. The summed E-state index contributed by atoms with van der Waals surface area (Å²) in [7, 11) is 0. The Kier molecular flexibility index (Phi) is 5.56. The molecule has 1 aromatic rings. The third-order valence-electron chi connectivity index (χ3n) is 2.40. The van der Waals surface area contributed by atoms with Gasteiger partial charge in [0.25, 0.3) is 5.91 Å². The number of carbonyl (C=O) groups is 2. The first-order valence-electron chi connectivity index (χ1n) is 6.51. The van der Waals surface area contributed by atoms with Crippen LogP contribution in [0.2, 0.25) is 0 Å². The van der Waals surface area contributed by atoms with Crippen LogP contribution >= 0.6 is 11.3 Å². The van der Waals surface area contributed by atoms with Crippen LogP contribution in [0, 0.1) is 6.92 Å². The van der Waals surface area contributed by atoms with E-state index in [4.69, 9.17) is 4.74 Å². The zero-order chi connectivity index (χ0) is 15.3. The molecule has 1 atom stereocenters. The summed E-state index contributed by atoms with van der Waals surface area (Å²) in [6.07, 6.45) is -0.480. The Morgan fingerprint density at radius 1 is 1.40 bits per heavy atom. The van der Waals surface area contributed by atoms with E-state index in [9.17, 15) is 9.59 Å². The lowest BCUT2D eigenvalue weighted by atomic mass is 10.2. The lowest BCUT2D eigenvalue weighted by molar-refractivity contribution is 0.0506. The van der Waals surface area contributed by atoms with Crippen LogP contribution in [0.3, 0.4) is 0 Å². The molecule has 1 unspecified atom stereocenters. The van der Waals surface area contributed by atoms with Crippen LogP contribution in [0.4, 0.5) is 4.79 Å². The topological polar surface area (TPSA) is 67.4 Å². The number of ether oxygens (including phenoxy) is 1. The largest absolute Gasteiger partial charge is 0.444 e. The van der Waals surface area contributed by atoms with Crippen molar-refractivity contribution in [3.63, 3.8) is 0 Å². The molecular formula is C14H22N2O3S. The Morgan fingerprint density at radius 3 is 2.55 bits per heavy atom. The highest BCUT2D eigenvalue weighted by atomic mass is 32.1. The quantitative estimate of drug-likeness (QED) is 0.898. The van der Waals surface area contributed by atoms with E-state index in [0.29, 0.717) is 11.4 Å². The monoisotopic (exact) mass is 298 g/mol. The van der Waals surface area contributed by atoms with Gasteiger partial charge in [0.2, 0.25) is 0 Å². The van der Waals surface area contributed by atoms with Crippen molar-refractivity contribution in [2.75, 3.05) is 6.54 Å². The van der Waals surface area contributed by atoms with Crippen LogP contribution in [0.15, 0.2) is 11.4 Å². The van der Waals surface area contributed by atoms with E-state index in [1.165, 1.54) is 11.3 Å². The van der Waals surface area contributed by atoms with Gasteiger partial charge >= 0.3 is 6.09 Å². The summed E-state index contributed by atoms with van der Waals surface area (Å²) < 4.78 is 5.15. The minimum Gasteiger partial charge on any atom is -0.444 e. The normalized spacial score (nSPS) is 12.7. The summed E-state index contributed by atoms with van der Waals surface area (Å²) in [5, 5.41) is 7.36. The van der Waals surface area contributed by atoms with Crippen molar-refractivity contribution in [1.82, 2.24) is 10.6 Å². The van der Waals surface area contributed by atoms with Gasteiger partial charge in [-0.15, -0.1) is 11.3 Å². The Hall–Kier alpha value is -1.56. The highest BCUT2D eigenvalue weighted by Crippen LogP contribution is 2.14. The number of thiophene rings is 1. The highest BCUT2D eigenvalue weighted by molar-refractivity contribution is 7.12. The standard InChI is InChI=1S/C14H22N2O3S/c1-9-6-7-20-11(9)12(17)15-8-10(2)16-13(18)19-14(3,4)5/h6-7,10H,8H2,1-5H3,(H,15,17)(H,16,18). The highest BCUT2D eigenvalue weighted by Gasteiger charge is 2.18. The lowest BCUT2D eigenvalue weighted by Crippen LogP contribution is -2.43. The van der Waals surface area contributed by atoms with E-state index in [1.54, 1.807) is 20.8 Å². The second-order valence-electron chi connectivity index (χ2n) is 5.69. The molecule has 0 aliphatic carbocycles. The zero-order valence-corrected chi connectivity index (χ0v) is 13.4. The number of rotatable bonds is 4. The third kappa shape index (κ3) is 5.61. The fraction of sp³-hybridized carbons (Fsp3) is 0.571. The van der Waals surface area contributed by atoms with Crippen molar-refractivity contribution in [2.24, 2.45) is 0 Å². The molecule has 0 bridgehead atoms. The van der Waals surface area contributed by atoms with Crippen molar-refractivity contribution in [2.45, 2.75) is 46.3 Å². The maximum atomic E-state index is 11.9. The van der Waals surface area contributed by atoms with Gasteiger partial charge in [0.05, 0.1) is 4.88 Å². The fourth-order valence-electron chi connectivity index (χ4n) is 1.49. The van der Waals surface area contributed by atoms with Crippen molar-refractivity contribution in [3.8, 4) is 0 Å². The van der Waals surface area contributed by atoms with Gasteiger partial charge in [0.1, 0.15) is 5.60 Å². The summed E-state index contributed by atoms with van der Waals surface area (Å²) in [5.41, 5.74) is 0.432. The van der Waals surface area contributed by atoms with Gasteiger partial charge in [0.15, 0.2) is 0 Å². The van der Waals surface area contributed by atoms with Crippen molar-refractivity contribution in [1.29, 1.82) is 0 Å². The van der Waals surface area contributed by atoms with E-state index < -0.39 is 11.7 Å². The van der Waals surface area contributed by atoms with Gasteiger partial charge in [-0.25, -0.2) is 4.79 Å². The van der Waals surface area contributed by atoms with Crippen LogP contribution in [-0.4, -0.2) is 30.2 Å². The van der Waals surface area contributed by atoms with Gasteiger partial charge in [-0.2, -0.15) is 0 Å². The Labute approximate surface area is 123 Å². The van der Waals surface area contributed by atoms with Crippen molar-refractivity contribution in [3.05, 3.63) is 21.9 Å². The second kappa shape index (κ2) is 6.74. The van der Waals surface area contributed by atoms with Crippen LogP contribution in [0.5, 0.6) is 0 Å². The molecule has 0 spiro atoms. The number of nitrogens with one attached hydrogen (secondary N) is 2. The Bertz CT molecular complexity index is 477. The molecule has 0 fully saturated rings. The molecule has 1 aromatic heterocycles. The second-order valence-corrected chi connectivity index (χ2v) is 6.61. The fourth-order valence-corrected chi connectivity index (χ4v) is 2.33. The van der Waals surface area contributed by atoms with E-state index in [-0.39, 0.29) is 11.9 Å². The number of hydrogen-bond acceptors (Lipinski definition) is 4. The molecule has 0 aliphatic heterocycles. The average molecular weight is 298 g/mol. The summed E-state index contributed by atoms with van der Waals surface area (Å²) >= 11 is 1.41. The summed E-state index contributed by atoms with van der Waals surface area (Å²) in [5.74, 6) is -0.115. The molecule has 1 heterocycles. The molecule has 0 aliphatic rings. The van der Waals surface area contributed by atoms with Crippen molar-refractivity contribution < 1.29 is 14.3 Å². The molecule has 0 aromatic carbocycles. The average Bonchev–Trinajstić information content (AvgIpc) is 2.69. The minimum absolute atomic E-state index is 0.115. The van der Waals surface area contributed by atoms with Gasteiger partial charge in [-0.05, 0) is 51.6 Å². The predicted molar refractivity (Wildman–Crippen MR) is 80.2 cm³/mol. The lowest BCUT2D eigenvalue weighted by Gasteiger charge is -2.22. The predicted octanol–water partition coefficient (Wildman–Crippen LogP) is 2.70. The van der Waals surface area contributed by atoms with E-state index in [1.807, 2.05) is 25.3 Å².